The van der Waals surface area contributed by atoms with Crippen LogP contribution in [0.4, 0.5) is 0 Å². The maximum absolute atomic E-state index is 9.11. The van der Waals surface area contributed by atoms with Crippen molar-refractivity contribution in [3.63, 3.8) is 0 Å². The maximum Gasteiger partial charge on any atom is 0.0698 e. The van der Waals surface area contributed by atoms with E-state index in [0.29, 0.717) is 0 Å². The van der Waals surface area contributed by atoms with Gasteiger partial charge in [0.1, 0.15) is 0 Å². The molecule has 0 radical (unpaired) electrons. The van der Waals surface area contributed by atoms with E-state index in [4.69, 9.17) is 5.11 Å². The quantitative estimate of drug-likeness (QED) is 0.708. The molecule has 12 heavy (non-hydrogen) atoms. The van der Waals surface area contributed by atoms with Gasteiger partial charge in [-0.2, -0.15) is 0 Å². The van der Waals surface area contributed by atoms with E-state index in [9.17, 15) is 0 Å². The number of hydrogen-bond acceptors (Lipinski definition) is 1. The molecule has 0 heterocycles. The van der Waals surface area contributed by atoms with Gasteiger partial charge in [0.2, 0.25) is 0 Å². The van der Waals surface area contributed by atoms with Crippen LogP contribution in [0.5, 0.6) is 0 Å². The third kappa shape index (κ3) is 2.51. The minimum atomic E-state index is -0.370. The zero-order valence-electron chi connectivity index (χ0n) is 7.49. The molecule has 0 spiro atoms. The lowest BCUT2D eigenvalue weighted by molar-refractivity contribution is 0.244. The van der Waals surface area contributed by atoms with Crippen molar-refractivity contribution >= 4 is 5.57 Å². The van der Waals surface area contributed by atoms with Gasteiger partial charge in [0.15, 0.2) is 0 Å². The molecule has 64 valence electrons. The standard InChI is InChI=1S/C11H14O/c1-9(8-10(2)12)11-6-4-3-5-7-11/h3-8,10,12H,1-2H3/b9-8+/t10-/m0/s1. The average Bonchev–Trinajstić information content (AvgIpc) is 2.05. The van der Waals surface area contributed by atoms with Gasteiger partial charge in [0.05, 0.1) is 6.10 Å². The van der Waals surface area contributed by atoms with Crippen molar-refractivity contribution in [1.29, 1.82) is 0 Å². The Balaban J connectivity index is 2.85. The molecule has 0 aromatic heterocycles. The molecule has 1 atom stereocenters. The summed E-state index contributed by atoms with van der Waals surface area (Å²) >= 11 is 0. The van der Waals surface area contributed by atoms with Crippen LogP contribution in [0, 0.1) is 0 Å². The molecule has 0 bridgehead atoms. The normalized spacial score (nSPS) is 14.4. The van der Waals surface area contributed by atoms with E-state index in [2.05, 4.69) is 0 Å². The first kappa shape index (κ1) is 9.01. The summed E-state index contributed by atoms with van der Waals surface area (Å²) in [5.74, 6) is 0. The smallest absolute Gasteiger partial charge is 0.0698 e. The monoisotopic (exact) mass is 162 g/mol. The molecule has 0 unspecified atom stereocenters. The Morgan fingerprint density at radius 1 is 1.33 bits per heavy atom. The molecule has 1 aromatic rings. The highest BCUT2D eigenvalue weighted by atomic mass is 16.3. The lowest BCUT2D eigenvalue weighted by Gasteiger charge is -2.02. The fraction of sp³-hybridized carbons (Fsp3) is 0.273. The second kappa shape index (κ2) is 4.07. The van der Waals surface area contributed by atoms with Crippen molar-refractivity contribution in [2.24, 2.45) is 0 Å². The molecule has 1 nitrogen and oxygen atoms in total. The van der Waals surface area contributed by atoms with Gasteiger partial charge >= 0.3 is 0 Å². The topological polar surface area (TPSA) is 20.2 Å². The fourth-order valence-corrected chi connectivity index (χ4v) is 1.16. The number of benzene rings is 1. The lowest BCUT2D eigenvalue weighted by atomic mass is 10.1. The SMILES string of the molecule is C/C(=C\[C@H](C)O)c1ccccc1. The highest BCUT2D eigenvalue weighted by molar-refractivity contribution is 5.63. The Kier molecular flexibility index (Phi) is 3.06. The Morgan fingerprint density at radius 2 is 1.92 bits per heavy atom. The van der Waals surface area contributed by atoms with Crippen molar-refractivity contribution in [3.05, 3.63) is 42.0 Å². The van der Waals surface area contributed by atoms with Crippen molar-refractivity contribution in [2.75, 3.05) is 0 Å². The van der Waals surface area contributed by atoms with E-state index in [1.54, 1.807) is 6.92 Å². The molecule has 0 amide bonds. The summed E-state index contributed by atoms with van der Waals surface area (Å²) in [6.07, 6.45) is 1.47. The highest BCUT2D eigenvalue weighted by Crippen LogP contribution is 2.12. The summed E-state index contributed by atoms with van der Waals surface area (Å²) in [5, 5.41) is 9.11. The second-order valence-corrected chi connectivity index (χ2v) is 2.96. The van der Waals surface area contributed by atoms with Crippen LogP contribution in [0.3, 0.4) is 0 Å². The maximum atomic E-state index is 9.11. The van der Waals surface area contributed by atoms with Crippen LogP contribution in [0.1, 0.15) is 19.4 Å². The summed E-state index contributed by atoms with van der Waals surface area (Å²) in [7, 11) is 0. The summed E-state index contributed by atoms with van der Waals surface area (Å²) in [5.41, 5.74) is 2.28. The van der Waals surface area contributed by atoms with Gasteiger partial charge in [-0.1, -0.05) is 36.4 Å². The van der Waals surface area contributed by atoms with Crippen LogP contribution in [-0.4, -0.2) is 11.2 Å². The predicted octanol–water partition coefficient (Wildman–Crippen LogP) is 2.47. The lowest BCUT2D eigenvalue weighted by Crippen LogP contribution is -1.94. The highest BCUT2D eigenvalue weighted by Gasteiger charge is 1.95. The van der Waals surface area contributed by atoms with Gasteiger partial charge in [-0.15, -0.1) is 0 Å². The van der Waals surface area contributed by atoms with E-state index < -0.39 is 0 Å². The zero-order chi connectivity index (χ0) is 8.97. The minimum Gasteiger partial charge on any atom is -0.389 e. The first-order valence-corrected chi connectivity index (χ1v) is 4.12. The van der Waals surface area contributed by atoms with Crippen LogP contribution < -0.4 is 0 Å². The van der Waals surface area contributed by atoms with E-state index in [1.165, 1.54) is 5.56 Å². The van der Waals surface area contributed by atoms with Crippen molar-refractivity contribution in [1.82, 2.24) is 0 Å². The molecule has 1 heteroatoms. The number of allylic oxidation sites excluding steroid dienone is 1. The van der Waals surface area contributed by atoms with Crippen LogP contribution in [0.2, 0.25) is 0 Å². The van der Waals surface area contributed by atoms with E-state index >= 15 is 0 Å². The average molecular weight is 162 g/mol. The summed E-state index contributed by atoms with van der Waals surface area (Å²) in [6, 6.07) is 10.0. The van der Waals surface area contributed by atoms with Gasteiger partial charge in [0, 0.05) is 0 Å². The number of hydrogen-bond donors (Lipinski definition) is 1. The molecular formula is C11H14O. The van der Waals surface area contributed by atoms with E-state index in [0.717, 1.165) is 5.57 Å². The molecule has 0 aliphatic rings. The number of rotatable bonds is 2. The molecule has 1 aromatic carbocycles. The third-order valence-electron chi connectivity index (χ3n) is 1.72. The van der Waals surface area contributed by atoms with E-state index in [-0.39, 0.29) is 6.10 Å². The number of aliphatic hydroxyl groups is 1. The van der Waals surface area contributed by atoms with E-state index in [1.807, 2.05) is 43.3 Å². The molecule has 0 saturated heterocycles. The summed E-state index contributed by atoms with van der Waals surface area (Å²) in [6.45, 7) is 3.76. The van der Waals surface area contributed by atoms with Gasteiger partial charge in [0.25, 0.3) is 0 Å². The van der Waals surface area contributed by atoms with Gasteiger partial charge < -0.3 is 5.11 Å². The van der Waals surface area contributed by atoms with Crippen molar-refractivity contribution in [2.45, 2.75) is 20.0 Å². The molecule has 0 aliphatic heterocycles. The van der Waals surface area contributed by atoms with Crippen LogP contribution in [0.15, 0.2) is 36.4 Å². The summed E-state index contributed by atoms with van der Waals surface area (Å²) in [4.78, 5) is 0. The van der Waals surface area contributed by atoms with Crippen molar-refractivity contribution < 1.29 is 5.11 Å². The second-order valence-electron chi connectivity index (χ2n) is 2.96. The van der Waals surface area contributed by atoms with Crippen LogP contribution in [0.25, 0.3) is 5.57 Å². The molecular weight excluding hydrogens is 148 g/mol. The van der Waals surface area contributed by atoms with Gasteiger partial charge in [-0.05, 0) is 25.0 Å². The van der Waals surface area contributed by atoms with Gasteiger partial charge in [-0.3, -0.25) is 0 Å². The van der Waals surface area contributed by atoms with Crippen LogP contribution >= 0.6 is 0 Å². The Labute approximate surface area is 73.4 Å². The minimum absolute atomic E-state index is 0.370. The Hall–Kier alpha value is -1.08. The molecule has 0 saturated carbocycles. The molecule has 0 fully saturated rings. The summed E-state index contributed by atoms with van der Waals surface area (Å²) < 4.78 is 0. The Bertz CT molecular complexity index is 260. The predicted molar refractivity (Wildman–Crippen MR) is 51.8 cm³/mol. The van der Waals surface area contributed by atoms with Crippen LogP contribution in [-0.2, 0) is 0 Å². The largest absolute Gasteiger partial charge is 0.389 e. The zero-order valence-corrected chi connectivity index (χ0v) is 7.49. The van der Waals surface area contributed by atoms with Gasteiger partial charge in [-0.25, -0.2) is 0 Å². The third-order valence-corrected chi connectivity index (χ3v) is 1.72. The Morgan fingerprint density at radius 3 is 2.42 bits per heavy atom. The molecule has 1 rings (SSSR count). The first-order chi connectivity index (χ1) is 5.70. The number of aliphatic hydroxyl groups excluding tert-OH is 1. The first-order valence-electron chi connectivity index (χ1n) is 4.12. The fourth-order valence-electron chi connectivity index (χ4n) is 1.16. The molecule has 0 aliphatic carbocycles. The van der Waals surface area contributed by atoms with Crippen molar-refractivity contribution in [3.8, 4) is 0 Å². The molecule has 1 N–H and O–H groups in total.